The highest BCUT2D eigenvalue weighted by atomic mass is 35.5. The quantitative estimate of drug-likeness (QED) is 0.250. The van der Waals surface area contributed by atoms with E-state index in [9.17, 15) is 9.59 Å². The minimum absolute atomic E-state index is 0.0272. The molecule has 0 radical (unpaired) electrons. The minimum atomic E-state index is -0.507. The van der Waals surface area contributed by atoms with Gasteiger partial charge in [-0.2, -0.15) is 4.68 Å². The average Bonchev–Trinajstić information content (AvgIpc) is 3.81. The fourth-order valence-electron chi connectivity index (χ4n) is 5.77. The maximum absolute atomic E-state index is 13.9. The maximum Gasteiger partial charge on any atom is 0.417 e. The normalized spacial score (nSPS) is 17.2. The summed E-state index contributed by atoms with van der Waals surface area (Å²) in [5.41, 5.74) is 5.08. The summed E-state index contributed by atoms with van der Waals surface area (Å²) in [6.07, 6.45) is 8.35. The number of piperidine rings is 1. The van der Waals surface area contributed by atoms with Gasteiger partial charge in [0.15, 0.2) is 5.58 Å². The molecule has 1 aliphatic rings. The summed E-state index contributed by atoms with van der Waals surface area (Å²) in [5, 5.41) is 12.0. The lowest BCUT2D eigenvalue weighted by molar-refractivity contribution is -0.130. The van der Waals surface area contributed by atoms with Crippen LogP contribution in [0.4, 0.5) is 0 Å². The Morgan fingerprint density at radius 3 is 2.81 bits per heavy atom. The molecule has 1 saturated heterocycles. The Bertz CT molecular complexity index is 1990. The number of carbonyl (C=O) groups is 1. The molecule has 0 bridgehead atoms. The number of H-pyrrole nitrogens is 2. The average molecular weight is 593 g/mol. The van der Waals surface area contributed by atoms with Crippen LogP contribution in [0.3, 0.4) is 0 Å². The van der Waals surface area contributed by atoms with Crippen LogP contribution < -0.4 is 5.76 Å². The fraction of sp³-hybridized carbons (Fsp3) is 0.161. The monoisotopic (exact) mass is 592 g/mol. The molecule has 11 nitrogen and oxygen atoms in total. The molecule has 0 aliphatic carbocycles. The zero-order valence-electron chi connectivity index (χ0n) is 22.7. The van der Waals surface area contributed by atoms with Crippen molar-refractivity contribution in [1.29, 1.82) is 0 Å². The van der Waals surface area contributed by atoms with Crippen LogP contribution in [0.2, 0.25) is 5.02 Å². The van der Waals surface area contributed by atoms with Crippen LogP contribution in [0.1, 0.15) is 41.8 Å². The molecule has 4 heterocycles. The number of fused-ring (bicyclic) bond motifs is 1. The molecule has 3 aromatic carbocycles. The van der Waals surface area contributed by atoms with Gasteiger partial charge in [-0.3, -0.25) is 9.78 Å². The van der Waals surface area contributed by atoms with E-state index in [1.807, 2.05) is 35.4 Å². The van der Waals surface area contributed by atoms with Gasteiger partial charge in [0.1, 0.15) is 12.2 Å². The van der Waals surface area contributed by atoms with Crippen molar-refractivity contribution in [3.63, 3.8) is 0 Å². The molecule has 0 saturated carbocycles. The number of carbonyl (C=O) groups excluding carboxylic acids is 1. The van der Waals surface area contributed by atoms with Crippen molar-refractivity contribution in [2.45, 2.75) is 24.8 Å². The molecule has 0 spiro atoms. The summed E-state index contributed by atoms with van der Waals surface area (Å²) in [7, 11) is 0. The molecule has 3 aromatic heterocycles. The molecule has 12 heteroatoms. The highest BCUT2D eigenvalue weighted by Gasteiger charge is 2.37. The Hall–Kier alpha value is -5.29. The summed E-state index contributed by atoms with van der Waals surface area (Å²) in [5.74, 6) is 0.0482. The Labute approximate surface area is 249 Å². The predicted molar refractivity (Wildman–Crippen MR) is 160 cm³/mol. The molecule has 1 fully saturated rings. The van der Waals surface area contributed by atoms with Gasteiger partial charge in [-0.05, 0) is 65.2 Å². The van der Waals surface area contributed by atoms with Gasteiger partial charge in [0.2, 0.25) is 5.91 Å². The number of nitrogens with one attached hydrogen (secondary N) is 2. The van der Waals surface area contributed by atoms with Crippen molar-refractivity contribution in [2.75, 3.05) is 6.54 Å². The summed E-state index contributed by atoms with van der Waals surface area (Å²) < 4.78 is 6.77. The SMILES string of the molecule is O=C(/C=C/c1cc(Cl)ccc1-n1cnnn1)N1CCCC(c2ccccc2)C1c1nc(-c2ccc3[nH]c(=O)oc3c2)c[nH]1. The standard InChI is InChI=1S/C31H25ClN8O3/c32-22-10-12-26(40-18-34-37-38-40)21(15-22)9-13-28(41)39-14-4-7-23(19-5-2-1-3-6-19)29(39)30-33-17-25(35-30)20-8-11-24-27(16-20)43-31(42)36-24/h1-3,5-6,8-13,15-18,23,29H,4,7,14H2,(H,33,35)(H,36,42)/b13-9+. The Balaban J connectivity index is 1.24. The largest absolute Gasteiger partial charge is 0.417 e. The number of hydrogen-bond acceptors (Lipinski definition) is 7. The second kappa shape index (κ2) is 11.2. The summed E-state index contributed by atoms with van der Waals surface area (Å²) in [6.45, 7) is 0.572. The molecule has 2 N–H and O–H groups in total. The number of amides is 1. The van der Waals surface area contributed by atoms with Crippen molar-refractivity contribution in [1.82, 2.24) is 40.1 Å². The maximum atomic E-state index is 13.9. The number of rotatable bonds is 6. The number of oxazole rings is 1. The lowest BCUT2D eigenvalue weighted by Crippen LogP contribution is -2.41. The number of hydrogen-bond donors (Lipinski definition) is 2. The van der Waals surface area contributed by atoms with Crippen LogP contribution in [0, 0.1) is 0 Å². The van der Waals surface area contributed by atoms with Crippen LogP contribution in [0.5, 0.6) is 0 Å². The van der Waals surface area contributed by atoms with Gasteiger partial charge >= 0.3 is 5.76 Å². The number of likely N-dealkylation sites (tertiary alicyclic amines) is 1. The van der Waals surface area contributed by atoms with Crippen LogP contribution >= 0.6 is 11.6 Å². The molecule has 43 heavy (non-hydrogen) atoms. The molecule has 2 atom stereocenters. The Kier molecular flexibility index (Phi) is 6.92. The number of imidazole rings is 1. The molecule has 6 aromatic rings. The minimum Gasteiger partial charge on any atom is -0.408 e. The van der Waals surface area contributed by atoms with E-state index in [2.05, 4.69) is 37.6 Å². The molecule has 1 amide bonds. The van der Waals surface area contributed by atoms with Gasteiger partial charge in [-0.1, -0.05) is 48.0 Å². The van der Waals surface area contributed by atoms with Gasteiger partial charge in [-0.25, -0.2) is 9.78 Å². The first-order valence-corrected chi connectivity index (χ1v) is 14.2. The highest BCUT2D eigenvalue weighted by molar-refractivity contribution is 6.30. The van der Waals surface area contributed by atoms with Crippen LogP contribution in [-0.4, -0.2) is 52.5 Å². The van der Waals surface area contributed by atoms with E-state index in [1.165, 1.54) is 11.0 Å². The van der Waals surface area contributed by atoms with Gasteiger partial charge < -0.3 is 14.3 Å². The number of aromatic nitrogens is 7. The highest BCUT2D eigenvalue weighted by Crippen LogP contribution is 2.42. The third-order valence-corrected chi connectivity index (χ3v) is 7.96. The smallest absolute Gasteiger partial charge is 0.408 e. The Morgan fingerprint density at radius 1 is 1.09 bits per heavy atom. The molecule has 214 valence electrons. The predicted octanol–water partition coefficient (Wildman–Crippen LogP) is 5.30. The van der Waals surface area contributed by atoms with E-state index in [0.717, 1.165) is 24.0 Å². The second-order valence-corrected chi connectivity index (χ2v) is 10.8. The van der Waals surface area contributed by atoms with Crippen molar-refractivity contribution >= 4 is 34.7 Å². The summed E-state index contributed by atoms with van der Waals surface area (Å²) in [4.78, 5) is 38.4. The first-order valence-electron chi connectivity index (χ1n) is 13.8. The molecule has 2 unspecified atom stereocenters. The lowest BCUT2D eigenvalue weighted by Gasteiger charge is -2.40. The molecule has 7 rings (SSSR count). The topological polar surface area (TPSA) is 139 Å². The molecular formula is C31H25ClN8O3. The zero-order valence-corrected chi connectivity index (χ0v) is 23.5. The number of nitrogens with zero attached hydrogens (tertiary/aromatic N) is 6. The van der Waals surface area contributed by atoms with E-state index in [4.69, 9.17) is 21.0 Å². The Morgan fingerprint density at radius 2 is 1.98 bits per heavy atom. The van der Waals surface area contributed by atoms with Gasteiger partial charge in [0, 0.05) is 40.9 Å². The summed E-state index contributed by atoms with van der Waals surface area (Å²) in [6, 6.07) is 20.6. The van der Waals surface area contributed by atoms with E-state index >= 15 is 0 Å². The van der Waals surface area contributed by atoms with Crippen molar-refractivity contribution in [3.05, 3.63) is 118 Å². The number of benzene rings is 3. The van der Waals surface area contributed by atoms with Crippen LogP contribution in [0.25, 0.3) is 34.1 Å². The first-order chi connectivity index (χ1) is 21.0. The van der Waals surface area contributed by atoms with Crippen LogP contribution in [0.15, 0.2) is 94.5 Å². The molecule has 1 aliphatic heterocycles. The lowest BCUT2D eigenvalue weighted by atomic mass is 9.83. The second-order valence-electron chi connectivity index (χ2n) is 10.3. The van der Waals surface area contributed by atoms with E-state index in [1.54, 1.807) is 42.5 Å². The summed E-state index contributed by atoms with van der Waals surface area (Å²) >= 11 is 6.29. The van der Waals surface area contributed by atoms with E-state index < -0.39 is 5.76 Å². The van der Waals surface area contributed by atoms with Gasteiger partial charge in [-0.15, -0.1) is 5.10 Å². The number of aromatic amines is 2. The zero-order chi connectivity index (χ0) is 29.3. The molecular weight excluding hydrogens is 568 g/mol. The van der Waals surface area contributed by atoms with Gasteiger partial charge in [0.25, 0.3) is 0 Å². The third kappa shape index (κ3) is 5.26. The first kappa shape index (κ1) is 26.6. The van der Waals surface area contributed by atoms with Crippen molar-refractivity contribution in [2.24, 2.45) is 0 Å². The number of halogens is 1. The fourth-order valence-corrected chi connectivity index (χ4v) is 5.95. The van der Waals surface area contributed by atoms with Crippen molar-refractivity contribution in [3.8, 4) is 16.9 Å². The van der Waals surface area contributed by atoms with Gasteiger partial charge in [0.05, 0.1) is 22.9 Å². The number of tetrazole rings is 1. The van der Waals surface area contributed by atoms with Crippen molar-refractivity contribution < 1.29 is 9.21 Å². The van der Waals surface area contributed by atoms with E-state index in [0.29, 0.717) is 45.4 Å². The van der Waals surface area contributed by atoms with E-state index in [-0.39, 0.29) is 17.9 Å². The van der Waals surface area contributed by atoms with Crippen LogP contribution in [-0.2, 0) is 4.79 Å². The third-order valence-electron chi connectivity index (χ3n) is 7.73.